The molecule has 0 fully saturated rings. The summed E-state index contributed by atoms with van der Waals surface area (Å²) in [4.78, 5) is 48.7. The van der Waals surface area contributed by atoms with Crippen LogP contribution in [0.25, 0.3) is 11.1 Å². The average Bonchev–Trinajstić information content (AvgIpc) is 3.52. The van der Waals surface area contributed by atoms with Crippen LogP contribution in [-0.4, -0.2) is 49.4 Å². The van der Waals surface area contributed by atoms with E-state index in [4.69, 9.17) is 28.4 Å². The summed E-state index contributed by atoms with van der Waals surface area (Å²) in [5.74, 6) is -1.66. The number of fused-ring (bicyclic) bond motifs is 3. The third-order valence-electron chi connectivity index (χ3n) is 7.77. The third-order valence-corrected chi connectivity index (χ3v) is 7.77. The van der Waals surface area contributed by atoms with Crippen LogP contribution in [0, 0.1) is 0 Å². The van der Waals surface area contributed by atoms with Crippen LogP contribution >= 0.6 is 0 Å². The second-order valence-corrected chi connectivity index (χ2v) is 11.2. The van der Waals surface area contributed by atoms with Gasteiger partial charge in [0.15, 0.2) is 0 Å². The molecule has 0 aliphatic heterocycles. The van der Waals surface area contributed by atoms with Gasteiger partial charge in [-0.1, -0.05) is 61.7 Å². The van der Waals surface area contributed by atoms with Gasteiger partial charge in [-0.15, -0.1) is 5.10 Å². The van der Waals surface area contributed by atoms with E-state index < -0.39 is 23.9 Å². The van der Waals surface area contributed by atoms with Gasteiger partial charge in [-0.3, -0.25) is 0 Å². The SMILES string of the molecule is C=CC(=O)OCOc1ccc(C(=O)Oc2ccc(OC(=O)c3ccc(OCOC(=O)C=C)cc3)c(/C=N/N=C3c4ccccc4-c4ccccc43)c2)cc1. The lowest BCUT2D eigenvalue weighted by molar-refractivity contribution is -0.145. The molecule has 0 radical (unpaired) electrons. The Balaban J connectivity index is 1.22. The molecule has 54 heavy (non-hydrogen) atoms. The molecular weight excluding hydrogens is 692 g/mol. The predicted octanol–water partition coefficient (Wildman–Crippen LogP) is 7.11. The van der Waals surface area contributed by atoms with Crippen LogP contribution in [0.15, 0.2) is 151 Å². The summed E-state index contributed by atoms with van der Waals surface area (Å²) in [6.45, 7) is 5.98. The summed E-state index contributed by atoms with van der Waals surface area (Å²) >= 11 is 0. The minimum absolute atomic E-state index is 0.117. The fraction of sp³-hybridized carbons (Fsp3) is 0.0476. The Labute approximate surface area is 309 Å². The first-order valence-electron chi connectivity index (χ1n) is 16.3. The summed E-state index contributed by atoms with van der Waals surface area (Å²) in [5.41, 5.74) is 5.30. The van der Waals surface area contributed by atoms with Gasteiger partial charge < -0.3 is 28.4 Å². The van der Waals surface area contributed by atoms with Gasteiger partial charge in [-0.05, 0) is 77.9 Å². The number of carbonyl (C=O) groups is 4. The lowest BCUT2D eigenvalue weighted by atomic mass is 10.1. The maximum absolute atomic E-state index is 13.2. The first-order chi connectivity index (χ1) is 26.3. The van der Waals surface area contributed by atoms with Gasteiger partial charge in [-0.2, -0.15) is 5.10 Å². The van der Waals surface area contributed by atoms with E-state index in [2.05, 4.69) is 23.4 Å². The maximum atomic E-state index is 13.2. The summed E-state index contributed by atoms with van der Waals surface area (Å²) < 4.78 is 31.7. The van der Waals surface area contributed by atoms with Crippen molar-refractivity contribution in [3.63, 3.8) is 0 Å². The molecule has 0 N–H and O–H groups in total. The predicted molar refractivity (Wildman–Crippen MR) is 198 cm³/mol. The van der Waals surface area contributed by atoms with E-state index in [1.807, 2.05) is 48.5 Å². The number of esters is 4. The topological polar surface area (TPSA) is 148 Å². The molecule has 12 nitrogen and oxygen atoms in total. The van der Waals surface area contributed by atoms with Crippen molar-refractivity contribution in [2.75, 3.05) is 13.6 Å². The Morgan fingerprint density at radius 2 is 1.02 bits per heavy atom. The second kappa shape index (κ2) is 17.1. The third kappa shape index (κ3) is 8.82. The van der Waals surface area contributed by atoms with E-state index in [9.17, 15) is 19.2 Å². The van der Waals surface area contributed by atoms with Crippen LogP contribution in [0.3, 0.4) is 0 Å². The molecule has 0 aromatic heterocycles. The van der Waals surface area contributed by atoms with Crippen LogP contribution in [0.5, 0.6) is 23.0 Å². The number of hydrogen-bond donors (Lipinski definition) is 0. The van der Waals surface area contributed by atoms with E-state index in [1.54, 1.807) is 0 Å². The lowest BCUT2D eigenvalue weighted by Gasteiger charge is -2.11. The van der Waals surface area contributed by atoms with Crippen molar-refractivity contribution >= 4 is 35.8 Å². The van der Waals surface area contributed by atoms with Crippen LogP contribution in [-0.2, 0) is 19.1 Å². The minimum Gasteiger partial charge on any atom is -0.457 e. The fourth-order valence-corrected chi connectivity index (χ4v) is 5.16. The molecule has 5 aromatic rings. The highest BCUT2D eigenvalue weighted by Crippen LogP contribution is 2.36. The molecule has 0 amide bonds. The first-order valence-corrected chi connectivity index (χ1v) is 16.3. The Kier molecular flexibility index (Phi) is 11.4. The van der Waals surface area contributed by atoms with Gasteiger partial charge in [0.1, 0.15) is 28.7 Å². The lowest BCUT2D eigenvalue weighted by Crippen LogP contribution is -2.12. The number of nitrogens with zero attached hydrogens (tertiary/aromatic N) is 2. The smallest absolute Gasteiger partial charge is 0.343 e. The maximum Gasteiger partial charge on any atom is 0.343 e. The molecule has 6 rings (SSSR count). The second-order valence-electron chi connectivity index (χ2n) is 11.2. The van der Waals surface area contributed by atoms with Crippen LogP contribution in [0.2, 0.25) is 0 Å². The van der Waals surface area contributed by atoms with E-state index in [0.717, 1.165) is 34.4 Å². The van der Waals surface area contributed by atoms with Gasteiger partial charge in [0.2, 0.25) is 13.6 Å². The van der Waals surface area contributed by atoms with E-state index in [1.165, 1.54) is 72.9 Å². The van der Waals surface area contributed by atoms with Gasteiger partial charge >= 0.3 is 23.9 Å². The number of carbonyl (C=O) groups excluding carboxylic acids is 4. The number of benzene rings is 5. The molecular formula is C42H30N2O10. The summed E-state index contributed by atoms with van der Waals surface area (Å²) in [6.07, 6.45) is 3.44. The Bertz CT molecular complexity index is 2250. The van der Waals surface area contributed by atoms with Crippen molar-refractivity contribution in [3.05, 3.63) is 168 Å². The highest BCUT2D eigenvalue weighted by molar-refractivity contribution is 6.24. The summed E-state index contributed by atoms with van der Waals surface area (Å²) in [6, 6.07) is 32.2. The van der Waals surface area contributed by atoms with Gasteiger partial charge in [-0.25, -0.2) is 19.2 Å². The van der Waals surface area contributed by atoms with Crippen molar-refractivity contribution in [2.45, 2.75) is 0 Å². The summed E-state index contributed by atoms with van der Waals surface area (Å²) in [7, 11) is 0. The van der Waals surface area contributed by atoms with Crippen molar-refractivity contribution in [1.29, 1.82) is 0 Å². The molecule has 0 unspecified atom stereocenters. The zero-order chi connectivity index (χ0) is 37.9. The fourth-order valence-electron chi connectivity index (χ4n) is 5.16. The zero-order valence-corrected chi connectivity index (χ0v) is 28.5. The van der Waals surface area contributed by atoms with Gasteiger partial charge in [0.25, 0.3) is 0 Å². The molecule has 0 heterocycles. The molecule has 1 aliphatic rings. The molecule has 0 atom stereocenters. The number of ether oxygens (including phenoxy) is 6. The summed E-state index contributed by atoms with van der Waals surface area (Å²) in [5, 5.41) is 8.93. The highest BCUT2D eigenvalue weighted by Gasteiger charge is 2.24. The zero-order valence-electron chi connectivity index (χ0n) is 28.5. The highest BCUT2D eigenvalue weighted by atomic mass is 16.7. The normalized spacial score (nSPS) is 11.1. The van der Waals surface area contributed by atoms with E-state index >= 15 is 0 Å². The Morgan fingerprint density at radius 3 is 1.52 bits per heavy atom. The van der Waals surface area contributed by atoms with E-state index in [0.29, 0.717) is 22.8 Å². The van der Waals surface area contributed by atoms with Gasteiger partial charge in [0, 0.05) is 28.8 Å². The monoisotopic (exact) mass is 722 g/mol. The van der Waals surface area contributed by atoms with Crippen molar-refractivity contribution in [1.82, 2.24) is 0 Å². The first kappa shape index (κ1) is 36.2. The molecule has 0 saturated carbocycles. The molecule has 0 bridgehead atoms. The standard InChI is InChI=1S/C42H30N2O10/c1-3-38(45)51-25-49-30-17-13-27(14-18-30)41(47)53-32-21-22-37(54-42(48)28-15-19-31(20-16-28)50-26-52-39(46)4-2)29(23-32)24-43-44-40-35-11-7-5-9-33(35)34-10-6-8-12-36(34)40/h3-24H,1-2,25-26H2/b43-24+. The molecule has 5 aromatic carbocycles. The molecule has 1 aliphatic carbocycles. The van der Waals surface area contributed by atoms with Crippen LogP contribution in [0.1, 0.15) is 37.4 Å². The van der Waals surface area contributed by atoms with Crippen LogP contribution in [0.4, 0.5) is 0 Å². The molecule has 12 heteroatoms. The number of rotatable bonds is 14. The average molecular weight is 723 g/mol. The Morgan fingerprint density at radius 1 is 0.556 bits per heavy atom. The largest absolute Gasteiger partial charge is 0.457 e. The quantitative estimate of drug-likeness (QED) is 0.0285. The van der Waals surface area contributed by atoms with Crippen LogP contribution < -0.4 is 18.9 Å². The van der Waals surface area contributed by atoms with Crippen molar-refractivity contribution in [2.24, 2.45) is 10.2 Å². The Hall–Kier alpha value is -7.60. The van der Waals surface area contributed by atoms with Gasteiger partial charge in [0.05, 0.1) is 17.3 Å². The van der Waals surface area contributed by atoms with Crippen molar-refractivity contribution < 1.29 is 47.6 Å². The minimum atomic E-state index is -0.689. The molecule has 268 valence electrons. The molecule has 0 spiro atoms. The number of hydrogen-bond acceptors (Lipinski definition) is 12. The van der Waals surface area contributed by atoms with E-state index in [-0.39, 0.29) is 36.2 Å². The van der Waals surface area contributed by atoms with Crippen molar-refractivity contribution in [3.8, 4) is 34.1 Å². The molecule has 0 saturated heterocycles.